The average Bonchev–Trinajstić information content (AvgIpc) is 2.59. The number of ether oxygens (including phenoxy) is 1. The van der Waals surface area contributed by atoms with E-state index in [1.165, 1.54) is 12.1 Å². The van der Waals surface area contributed by atoms with Gasteiger partial charge in [0.05, 0.1) is 12.7 Å². The number of carbonyl (C=O) groups excluding carboxylic acids is 2. The van der Waals surface area contributed by atoms with E-state index in [0.717, 1.165) is 31.4 Å². The highest BCUT2D eigenvalue weighted by atomic mass is 19.4. The molecule has 0 aliphatic heterocycles. The fourth-order valence-electron chi connectivity index (χ4n) is 2.46. The number of halogens is 5. The summed E-state index contributed by atoms with van der Waals surface area (Å²) >= 11 is 0. The highest BCUT2D eigenvalue weighted by Gasteiger charge is 2.34. The molecule has 0 heterocycles. The number of hydrogen-bond donors (Lipinski definition) is 1. The topological polar surface area (TPSA) is 55.4 Å². The third kappa shape index (κ3) is 5.25. The number of esters is 1. The zero-order valence-corrected chi connectivity index (χ0v) is 13.9. The number of carbonyl (C=O) groups is 2. The van der Waals surface area contributed by atoms with Gasteiger partial charge in [0, 0.05) is 18.1 Å². The lowest BCUT2D eigenvalue weighted by Crippen LogP contribution is -2.43. The first-order chi connectivity index (χ1) is 12.6. The maximum atomic E-state index is 13.2. The van der Waals surface area contributed by atoms with Gasteiger partial charge in [0.1, 0.15) is 17.7 Å². The van der Waals surface area contributed by atoms with Gasteiger partial charge >= 0.3 is 12.1 Å². The van der Waals surface area contributed by atoms with Crippen LogP contribution in [0, 0.1) is 11.6 Å². The van der Waals surface area contributed by atoms with Crippen molar-refractivity contribution in [3.05, 3.63) is 70.8 Å². The van der Waals surface area contributed by atoms with Crippen LogP contribution in [0.4, 0.5) is 22.0 Å². The molecule has 0 saturated carbocycles. The summed E-state index contributed by atoms with van der Waals surface area (Å²) in [4.78, 5) is 24.1. The van der Waals surface area contributed by atoms with Gasteiger partial charge < -0.3 is 10.1 Å². The van der Waals surface area contributed by atoms with E-state index in [1.54, 1.807) is 0 Å². The van der Waals surface area contributed by atoms with Crippen LogP contribution in [0.5, 0.6) is 0 Å². The lowest BCUT2D eigenvalue weighted by molar-refractivity contribution is -0.144. The first-order valence-corrected chi connectivity index (χ1v) is 7.61. The number of amides is 1. The first-order valence-electron chi connectivity index (χ1n) is 7.61. The van der Waals surface area contributed by atoms with E-state index in [2.05, 4.69) is 10.1 Å². The Hall–Kier alpha value is -2.97. The van der Waals surface area contributed by atoms with Gasteiger partial charge in [-0.15, -0.1) is 0 Å². The Bertz CT molecular complexity index is 831. The molecule has 4 nitrogen and oxygen atoms in total. The predicted molar refractivity (Wildman–Crippen MR) is 84.8 cm³/mol. The molecule has 0 radical (unpaired) electrons. The molecule has 27 heavy (non-hydrogen) atoms. The minimum atomic E-state index is -4.66. The average molecular weight is 387 g/mol. The van der Waals surface area contributed by atoms with Crippen LogP contribution < -0.4 is 5.32 Å². The van der Waals surface area contributed by atoms with Crippen LogP contribution in [0.25, 0.3) is 0 Å². The van der Waals surface area contributed by atoms with Gasteiger partial charge in [-0.1, -0.05) is 18.2 Å². The van der Waals surface area contributed by atoms with Crippen molar-refractivity contribution in [3.8, 4) is 0 Å². The van der Waals surface area contributed by atoms with E-state index >= 15 is 0 Å². The Morgan fingerprint density at radius 3 is 2.22 bits per heavy atom. The number of methoxy groups -OCH3 is 1. The Labute approximate surface area is 150 Å². The second kappa shape index (κ2) is 8.15. The highest BCUT2D eigenvalue weighted by Crippen LogP contribution is 2.32. The Kier molecular flexibility index (Phi) is 6.14. The standard InChI is InChI=1S/C18H14F5NO3/c1-27-17(26)15(8-10-4-2-3-5-14(10)18(21,22)23)24-16(25)11-6-12(19)9-13(20)7-11/h2-7,9,15H,8H2,1H3,(H,24,25)/t15-/m1/s1. The van der Waals surface area contributed by atoms with Crippen molar-refractivity contribution >= 4 is 11.9 Å². The molecule has 144 valence electrons. The minimum Gasteiger partial charge on any atom is -0.467 e. The molecule has 2 aromatic rings. The van der Waals surface area contributed by atoms with Crippen LogP contribution in [-0.2, 0) is 22.1 Å². The van der Waals surface area contributed by atoms with Crippen molar-refractivity contribution in [3.63, 3.8) is 0 Å². The second-order valence-corrected chi connectivity index (χ2v) is 5.57. The van der Waals surface area contributed by atoms with E-state index in [1.807, 2.05) is 0 Å². The predicted octanol–water partition coefficient (Wildman–Crippen LogP) is 3.50. The van der Waals surface area contributed by atoms with E-state index < -0.39 is 53.3 Å². The number of benzene rings is 2. The summed E-state index contributed by atoms with van der Waals surface area (Å²) < 4.78 is 70.3. The van der Waals surface area contributed by atoms with Gasteiger partial charge in [-0.25, -0.2) is 13.6 Å². The summed E-state index contributed by atoms with van der Waals surface area (Å²) in [5.74, 6) is -4.07. The number of rotatable bonds is 5. The van der Waals surface area contributed by atoms with Crippen LogP contribution in [-0.4, -0.2) is 25.0 Å². The largest absolute Gasteiger partial charge is 0.467 e. The summed E-state index contributed by atoms with van der Waals surface area (Å²) in [7, 11) is 0.999. The minimum absolute atomic E-state index is 0.244. The normalized spacial score (nSPS) is 12.4. The third-order valence-electron chi connectivity index (χ3n) is 3.66. The first kappa shape index (κ1) is 20.3. The summed E-state index contributed by atoms with van der Waals surface area (Å²) in [6, 6.07) is 5.06. The summed E-state index contributed by atoms with van der Waals surface area (Å²) in [6.45, 7) is 0. The Morgan fingerprint density at radius 2 is 1.67 bits per heavy atom. The van der Waals surface area contributed by atoms with Gasteiger partial charge in [0.15, 0.2) is 0 Å². The number of alkyl halides is 3. The van der Waals surface area contributed by atoms with E-state index in [4.69, 9.17) is 0 Å². The lowest BCUT2D eigenvalue weighted by atomic mass is 9.99. The summed E-state index contributed by atoms with van der Waals surface area (Å²) in [6.07, 6.45) is -5.18. The van der Waals surface area contributed by atoms with E-state index in [0.29, 0.717) is 6.07 Å². The molecule has 0 aliphatic rings. The van der Waals surface area contributed by atoms with Crippen molar-refractivity contribution in [1.29, 1.82) is 0 Å². The third-order valence-corrected chi connectivity index (χ3v) is 3.66. The van der Waals surface area contributed by atoms with Gasteiger partial charge in [-0.3, -0.25) is 4.79 Å². The molecule has 0 aliphatic carbocycles. The van der Waals surface area contributed by atoms with Crippen LogP contribution in [0.3, 0.4) is 0 Å². The summed E-state index contributed by atoms with van der Waals surface area (Å²) in [5.41, 5.74) is -1.64. The Morgan fingerprint density at radius 1 is 1.07 bits per heavy atom. The zero-order valence-electron chi connectivity index (χ0n) is 13.9. The van der Waals surface area contributed by atoms with Gasteiger partial charge in [-0.2, -0.15) is 13.2 Å². The van der Waals surface area contributed by atoms with Crippen molar-refractivity contribution in [2.45, 2.75) is 18.6 Å². The molecular formula is C18H14F5NO3. The molecule has 0 bridgehead atoms. The van der Waals surface area contributed by atoms with Crippen LogP contribution in [0.15, 0.2) is 42.5 Å². The molecule has 2 rings (SSSR count). The molecule has 0 unspecified atom stereocenters. The van der Waals surface area contributed by atoms with Gasteiger partial charge in [-0.05, 0) is 23.8 Å². The molecule has 1 atom stereocenters. The van der Waals surface area contributed by atoms with Crippen LogP contribution in [0.2, 0.25) is 0 Å². The molecule has 0 spiro atoms. The van der Waals surface area contributed by atoms with Gasteiger partial charge in [0.25, 0.3) is 5.91 Å². The molecule has 0 saturated heterocycles. The van der Waals surface area contributed by atoms with Crippen molar-refractivity contribution < 1.29 is 36.3 Å². The van der Waals surface area contributed by atoms with Crippen molar-refractivity contribution in [2.75, 3.05) is 7.11 Å². The molecular weight excluding hydrogens is 373 g/mol. The molecule has 0 fully saturated rings. The van der Waals surface area contributed by atoms with Crippen LogP contribution in [0.1, 0.15) is 21.5 Å². The van der Waals surface area contributed by atoms with Crippen LogP contribution >= 0.6 is 0 Å². The van der Waals surface area contributed by atoms with Crippen molar-refractivity contribution in [1.82, 2.24) is 5.32 Å². The smallest absolute Gasteiger partial charge is 0.416 e. The maximum Gasteiger partial charge on any atom is 0.416 e. The molecule has 9 heteroatoms. The molecule has 1 amide bonds. The van der Waals surface area contributed by atoms with E-state index in [-0.39, 0.29) is 5.56 Å². The fraction of sp³-hybridized carbons (Fsp3) is 0.222. The zero-order chi connectivity index (χ0) is 20.2. The quantitative estimate of drug-likeness (QED) is 0.631. The number of nitrogens with one attached hydrogen (secondary N) is 1. The SMILES string of the molecule is COC(=O)[C@@H](Cc1ccccc1C(F)(F)F)NC(=O)c1cc(F)cc(F)c1. The summed E-state index contributed by atoms with van der Waals surface area (Å²) in [5, 5.41) is 2.15. The number of hydrogen-bond acceptors (Lipinski definition) is 3. The highest BCUT2D eigenvalue weighted by molar-refractivity contribution is 5.96. The van der Waals surface area contributed by atoms with E-state index in [9.17, 15) is 31.5 Å². The second-order valence-electron chi connectivity index (χ2n) is 5.57. The molecule has 1 N–H and O–H groups in total. The van der Waals surface area contributed by atoms with Gasteiger partial charge in [0.2, 0.25) is 0 Å². The molecule has 0 aromatic heterocycles. The lowest BCUT2D eigenvalue weighted by Gasteiger charge is -2.19. The fourth-order valence-corrected chi connectivity index (χ4v) is 2.46. The molecule has 2 aromatic carbocycles. The van der Waals surface area contributed by atoms with Crippen molar-refractivity contribution in [2.24, 2.45) is 0 Å². The maximum absolute atomic E-state index is 13.2. The monoisotopic (exact) mass is 387 g/mol. The Balaban J connectivity index is 2.29.